The minimum absolute atomic E-state index is 0.0833. The smallest absolute Gasteiger partial charge is 0.150 e. The molecule has 11 heavy (non-hydrogen) atoms. The number of nitrogens with one attached hydrogen (secondary N) is 1. The molecule has 4 heteroatoms. The molecule has 0 bridgehead atoms. The predicted molar refractivity (Wildman–Crippen MR) is 43.5 cm³/mol. The molecule has 0 radical (unpaired) electrons. The Morgan fingerprint density at radius 3 is 2.27 bits per heavy atom. The molecule has 0 aliphatic rings. The van der Waals surface area contributed by atoms with Crippen molar-refractivity contribution in [3.8, 4) is 0 Å². The number of hydrogen-bond acceptors (Lipinski definition) is 2. The Bertz CT molecular complexity index is 232. The SMILES string of the molecule is CSNc1c(F)cccc1F. The Morgan fingerprint density at radius 2 is 1.82 bits per heavy atom. The summed E-state index contributed by atoms with van der Waals surface area (Å²) in [5.41, 5.74) is -0.0833. The molecule has 0 fully saturated rings. The number of halogens is 2. The van der Waals surface area contributed by atoms with Gasteiger partial charge in [0.15, 0.2) is 0 Å². The first-order chi connectivity index (χ1) is 5.25. The van der Waals surface area contributed by atoms with Gasteiger partial charge in [0.05, 0.1) is 0 Å². The molecule has 0 atom stereocenters. The van der Waals surface area contributed by atoms with E-state index in [0.717, 1.165) is 11.9 Å². The monoisotopic (exact) mass is 175 g/mol. The Morgan fingerprint density at radius 1 is 1.27 bits per heavy atom. The molecule has 0 aliphatic carbocycles. The van der Waals surface area contributed by atoms with Gasteiger partial charge in [-0.1, -0.05) is 18.0 Å². The van der Waals surface area contributed by atoms with Gasteiger partial charge >= 0.3 is 0 Å². The summed E-state index contributed by atoms with van der Waals surface area (Å²) in [6.45, 7) is 0. The molecule has 0 amide bonds. The van der Waals surface area contributed by atoms with E-state index in [-0.39, 0.29) is 5.69 Å². The molecule has 0 aliphatic heterocycles. The third-order valence-electron chi connectivity index (χ3n) is 1.17. The van der Waals surface area contributed by atoms with Crippen molar-refractivity contribution in [2.45, 2.75) is 0 Å². The highest BCUT2D eigenvalue weighted by molar-refractivity contribution is 7.99. The molecular weight excluding hydrogens is 168 g/mol. The molecule has 0 saturated carbocycles. The van der Waals surface area contributed by atoms with E-state index in [9.17, 15) is 8.78 Å². The third kappa shape index (κ3) is 1.83. The molecular formula is C7H7F2NS. The van der Waals surface area contributed by atoms with Gasteiger partial charge in [0, 0.05) is 6.26 Å². The van der Waals surface area contributed by atoms with Gasteiger partial charge in [0.25, 0.3) is 0 Å². The molecule has 60 valence electrons. The van der Waals surface area contributed by atoms with E-state index >= 15 is 0 Å². The van der Waals surface area contributed by atoms with Gasteiger partial charge in [-0.05, 0) is 12.1 Å². The van der Waals surface area contributed by atoms with Crippen molar-refractivity contribution < 1.29 is 8.78 Å². The highest BCUT2D eigenvalue weighted by Crippen LogP contribution is 2.19. The molecule has 0 saturated heterocycles. The van der Waals surface area contributed by atoms with Crippen molar-refractivity contribution in [2.75, 3.05) is 11.0 Å². The van der Waals surface area contributed by atoms with Gasteiger partial charge in [0.1, 0.15) is 17.3 Å². The largest absolute Gasteiger partial charge is 0.325 e. The Balaban J connectivity index is 3.00. The molecule has 1 N–H and O–H groups in total. The van der Waals surface area contributed by atoms with Crippen LogP contribution in [0.2, 0.25) is 0 Å². The first kappa shape index (κ1) is 8.33. The minimum atomic E-state index is -0.570. The maximum Gasteiger partial charge on any atom is 0.150 e. The van der Waals surface area contributed by atoms with E-state index in [1.165, 1.54) is 18.2 Å². The summed E-state index contributed by atoms with van der Waals surface area (Å²) < 4.78 is 28.0. The van der Waals surface area contributed by atoms with Gasteiger partial charge in [-0.2, -0.15) is 0 Å². The zero-order valence-corrected chi connectivity index (χ0v) is 6.71. The Hall–Kier alpha value is -0.770. The summed E-state index contributed by atoms with van der Waals surface area (Å²) in [4.78, 5) is 0. The van der Waals surface area contributed by atoms with Crippen LogP contribution >= 0.6 is 11.9 Å². The van der Waals surface area contributed by atoms with Crippen LogP contribution in [0.25, 0.3) is 0 Å². The summed E-state index contributed by atoms with van der Waals surface area (Å²) in [7, 11) is 0. The normalized spacial score (nSPS) is 9.73. The van der Waals surface area contributed by atoms with Crippen LogP contribution in [0.3, 0.4) is 0 Å². The van der Waals surface area contributed by atoms with Crippen LogP contribution in [0.15, 0.2) is 18.2 Å². The average molecular weight is 175 g/mol. The van der Waals surface area contributed by atoms with Gasteiger partial charge in [-0.15, -0.1) is 0 Å². The van der Waals surface area contributed by atoms with Gasteiger partial charge < -0.3 is 4.72 Å². The fourth-order valence-electron chi connectivity index (χ4n) is 0.697. The lowest BCUT2D eigenvalue weighted by Gasteiger charge is -2.03. The van der Waals surface area contributed by atoms with E-state index in [4.69, 9.17) is 0 Å². The summed E-state index contributed by atoms with van der Waals surface area (Å²) >= 11 is 1.15. The summed E-state index contributed by atoms with van der Waals surface area (Å²) in [6.07, 6.45) is 1.70. The van der Waals surface area contributed by atoms with E-state index in [0.29, 0.717) is 0 Å². The van der Waals surface area contributed by atoms with E-state index in [1.807, 2.05) is 0 Å². The maximum atomic E-state index is 12.7. The van der Waals surface area contributed by atoms with Crippen molar-refractivity contribution in [1.82, 2.24) is 0 Å². The molecule has 1 aromatic carbocycles. The average Bonchev–Trinajstić information content (AvgIpc) is 1.97. The molecule has 1 rings (SSSR count). The van der Waals surface area contributed by atoms with Crippen molar-refractivity contribution in [3.05, 3.63) is 29.8 Å². The van der Waals surface area contributed by atoms with E-state index in [1.54, 1.807) is 6.26 Å². The lowest BCUT2D eigenvalue weighted by molar-refractivity contribution is 0.592. The highest BCUT2D eigenvalue weighted by Gasteiger charge is 2.05. The van der Waals surface area contributed by atoms with Crippen molar-refractivity contribution in [1.29, 1.82) is 0 Å². The topological polar surface area (TPSA) is 12.0 Å². The fourth-order valence-corrected chi connectivity index (χ4v) is 1.10. The third-order valence-corrected chi connectivity index (χ3v) is 1.58. The van der Waals surface area contributed by atoms with Gasteiger partial charge in [-0.3, -0.25) is 0 Å². The maximum absolute atomic E-state index is 12.7. The highest BCUT2D eigenvalue weighted by atomic mass is 32.2. The molecule has 1 nitrogen and oxygen atoms in total. The molecule has 0 heterocycles. The molecule has 0 aromatic heterocycles. The van der Waals surface area contributed by atoms with Crippen LogP contribution in [-0.4, -0.2) is 6.26 Å². The van der Waals surface area contributed by atoms with Crippen molar-refractivity contribution in [3.63, 3.8) is 0 Å². The zero-order valence-electron chi connectivity index (χ0n) is 5.90. The first-order valence-corrected chi connectivity index (χ1v) is 4.21. The number of para-hydroxylation sites is 1. The van der Waals surface area contributed by atoms with E-state index in [2.05, 4.69) is 4.72 Å². The van der Waals surface area contributed by atoms with Gasteiger partial charge in [0.2, 0.25) is 0 Å². The minimum Gasteiger partial charge on any atom is -0.325 e. The van der Waals surface area contributed by atoms with Crippen LogP contribution in [-0.2, 0) is 0 Å². The Labute approximate surface area is 67.9 Å². The first-order valence-electron chi connectivity index (χ1n) is 2.98. The summed E-state index contributed by atoms with van der Waals surface area (Å²) in [6, 6.07) is 3.75. The summed E-state index contributed by atoms with van der Waals surface area (Å²) in [5.74, 6) is -1.14. The number of benzene rings is 1. The fraction of sp³-hybridized carbons (Fsp3) is 0.143. The quantitative estimate of drug-likeness (QED) is 0.693. The lowest BCUT2D eigenvalue weighted by atomic mass is 10.3. The number of hydrogen-bond donors (Lipinski definition) is 1. The second-order valence-electron chi connectivity index (χ2n) is 1.90. The molecule has 0 spiro atoms. The van der Waals surface area contributed by atoms with Crippen LogP contribution < -0.4 is 4.72 Å². The number of anilines is 1. The van der Waals surface area contributed by atoms with Crippen LogP contribution in [0.4, 0.5) is 14.5 Å². The van der Waals surface area contributed by atoms with Crippen molar-refractivity contribution >= 4 is 17.6 Å². The zero-order chi connectivity index (χ0) is 8.27. The number of rotatable bonds is 2. The lowest BCUT2D eigenvalue weighted by Crippen LogP contribution is -1.92. The van der Waals surface area contributed by atoms with Crippen LogP contribution in [0, 0.1) is 11.6 Å². The van der Waals surface area contributed by atoms with Crippen LogP contribution in [0.1, 0.15) is 0 Å². The Kier molecular flexibility index (Phi) is 2.70. The van der Waals surface area contributed by atoms with Gasteiger partial charge in [-0.25, -0.2) is 8.78 Å². The van der Waals surface area contributed by atoms with Crippen molar-refractivity contribution in [2.24, 2.45) is 0 Å². The van der Waals surface area contributed by atoms with E-state index < -0.39 is 11.6 Å². The van der Waals surface area contributed by atoms with Crippen LogP contribution in [0.5, 0.6) is 0 Å². The standard InChI is InChI=1S/C7H7F2NS/c1-11-10-7-5(8)3-2-4-6(7)9/h2-4,10H,1H3. The predicted octanol–water partition coefficient (Wildman–Crippen LogP) is 2.65. The second-order valence-corrected chi connectivity index (χ2v) is 2.52. The molecule has 1 aromatic rings. The second kappa shape index (κ2) is 3.57. The molecule has 0 unspecified atom stereocenters. The summed E-state index contributed by atoms with van der Waals surface area (Å²) in [5, 5.41) is 0.